The monoisotopic (exact) mass is 361 g/mol. The Bertz CT molecular complexity index is 819. The zero-order valence-corrected chi connectivity index (χ0v) is 15.1. The van der Waals surface area contributed by atoms with Crippen LogP contribution in [0.25, 0.3) is 11.1 Å². The molecule has 2 aromatic carbocycles. The van der Waals surface area contributed by atoms with Gasteiger partial charge in [-0.15, -0.1) is 0 Å². The molecular weight excluding hydrogens is 342 g/mol. The van der Waals surface area contributed by atoms with E-state index in [-0.39, 0.29) is 0 Å². The molecule has 0 aliphatic carbocycles. The van der Waals surface area contributed by atoms with Crippen LogP contribution in [0.15, 0.2) is 36.4 Å². The van der Waals surface area contributed by atoms with Crippen molar-refractivity contribution >= 4 is 17.7 Å². The molecule has 1 aliphatic heterocycles. The molecule has 0 spiro atoms. The van der Waals surface area contributed by atoms with Crippen LogP contribution in [0, 0.1) is 5.41 Å². The third-order valence-electron chi connectivity index (χ3n) is 4.29. The SMILES string of the molecule is COc1cc2c(cc1-c1cccc(Cl)c1)OCC(C)(C)C2OC(N)=O. The quantitative estimate of drug-likeness (QED) is 0.869. The number of methoxy groups -OCH3 is 1. The summed E-state index contributed by atoms with van der Waals surface area (Å²) in [6.45, 7) is 4.32. The smallest absolute Gasteiger partial charge is 0.405 e. The number of benzene rings is 2. The number of rotatable bonds is 3. The molecule has 132 valence electrons. The van der Waals surface area contributed by atoms with E-state index in [1.165, 1.54) is 0 Å². The molecule has 25 heavy (non-hydrogen) atoms. The molecule has 0 aromatic heterocycles. The third kappa shape index (κ3) is 3.37. The second-order valence-corrected chi connectivity index (χ2v) is 7.13. The molecule has 1 atom stereocenters. The van der Waals surface area contributed by atoms with Crippen LogP contribution < -0.4 is 15.2 Å². The van der Waals surface area contributed by atoms with Crippen LogP contribution in [0.3, 0.4) is 0 Å². The van der Waals surface area contributed by atoms with Gasteiger partial charge in [-0.3, -0.25) is 0 Å². The zero-order chi connectivity index (χ0) is 18.2. The Balaban J connectivity index is 2.14. The second kappa shape index (κ2) is 6.48. The van der Waals surface area contributed by atoms with Gasteiger partial charge in [0.25, 0.3) is 0 Å². The van der Waals surface area contributed by atoms with Crippen molar-refractivity contribution < 1.29 is 19.0 Å². The number of fused-ring (bicyclic) bond motifs is 1. The predicted molar refractivity (Wildman–Crippen MR) is 96.1 cm³/mol. The number of hydrogen-bond acceptors (Lipinski definition) is 4. The van der Waals surface area contributed by atoms with Gasteiger partial charge in [-0.05, 0) is 29.8 Å². The topological polar surface area (TPSA) is 70.8 Å². The lowest BCUT2D eigenvalue weighted by atomic mass is 9.80. The van der Waals surface area contributed by atoms with Crippen molar-refractivity contribution in [1.82, 2.24) is 0 Å². The van der Waals surface area contributed by atoms with Crippen molar-refractivity contribution in [2.24, 2.45) is 11.1 Å². The fraction of sp³-hybridized carbons (Fsp3) is 0.316. The summed E-state index contributed by atoms with van der Waals surface area (Å²) in [4.78, 5) is 11.4. The van der Waals surface area contributed by atoms with E-state index in [0.29, 0.717) is 23.1 Å². The molecule has 6 heteroatoms. The first-order valence-corrected chi connectivity index (χ1v) is 8.26. The summed E-state index contributed by atoms with van der Waals surface area (Å²) in [5, 5.41) is 0.634. The standard InChI is InChI=1S/C19H20ClNO4/c1-19(2)10-24-16-8-13(11-5-4-6-12(20)7-11)15(23-3)9-14(16)17(19)25-18(21)22/h4-9,17H,10H2,1-3H3,(H2,21,22). The van der Waals surface area contributed by atoms with E-state index in [4.69, 9.17) is 31.5 Å². The van der Waals surface area contributed by atoms with Crippen molar-refractivity contribution in [1.29, 1.82) is 0 Å². The average molecular weight is 362 g/mol. The molecule has 0 saturated heterocycles. The van der Waals surface area contributed by atoms with Crippen LogP contribution in [0.2, 0.25) is 5.02 Å². The van der Waals surface area contributed by atoms with E-state index < -0.39 is 17.6 Å². The van der Waals surface area contributed by atoms with E-state index in [1.807, 2.05) is 50.2 Å². The van der Waals surface area contributed by atoms with Crippen LogP contribution >= 0.6 is 11.6 Å². The number of primary amides is 1. The highest BCUT2D eigenvalue weighted by atomic mass is 35.5. The van der Waals surface area contributed by atoms with Gasteiger partial charge in [0.15, 0.2) is 0 Å². The molecule has 0 saturated carbocycles. The largest absolute Gasteiger partial charge is 0.496 e. The first-order chi connectivity index (χ1) is 11.8. The van der Waals surface area contributed by atoms with E-state index in [0.717, 1.165) is 16.7 Å². The highest BCUT2D eigenvalue weighted by Gasteiger charge is 2.41. The summed E-state index contributed by atoms with van der Waals surface area (Å²) in [5.41, 5.74) is 7.34. The summed E-state index contributed by atoms with van der Waals surface area (Å²) in [6, 6.07) is 11.2. The fourth-order valence-corrected chi connectivity index (χ4v) is 3.25. The minimum atomic E-state index is -0.816. The summed E-state index contributed by atoms with van der Waals surface area (Å²) in [7, 11) is 1.59. The van der Waals surface area contributed by atoms with Crippen molar-refractivity contribution in [2.75, 3.05) is 13.7 Å². The number of amides is 1. The van der Waals surface area contributed by atoms with E-state index in [1.54, 1.807) is 7.11 Å². The summed E-state index contributed by atoms with van der Waals surface area (Å²) in [5.74, 6) is 1.28. The highest BCUT2D eigenvalue weighted by Crippen LogP contribution is 2.48. The van der Waals surface area contributed by atoms with Gasteiger partial charge in [-0.1, -0.05) is 37.6 Å². The molecule has 3 rings (SSSR count). The van der Waals surface area contributed by atoms with Crippen molar-refractivity contribution in [3.8, 4) is 22.6 Å². The third-order valence-corrected chi connectivity index (χ3v) is 4.53. The number of carbonyl (C=O) groups excluding carboxylic acids is 1. The fourth-order valence-electron chi connectivity index (χ4n) is 3.06. The Hall–Kier alpha value is -2.40. The molecule has 2 N–H and O–H groups in total. The van der Waals surface area contributed by atoms with Crippen LogP contribution in [0.4, 0.5) is 4.79 Å². The highest BCUT2D eigenvalue weighted by molar-refractivity contribution is 6.30. The molecule has 1 aliphatic rings. The normalized spacial score (nSPS) is 18.0. The predicted octanol–water partition coefficient (Wildman–Crippen LogP) is 4.57. The van der Waals surface area contributed by atoms with Gasteiger partial charge in [-0.25, -0.2) is 4.79 Å². The van der Waals surface area contributed by atoms with Crippen LogP contribution in [0.1, 0.15) is 25.5 Å². The van der Waals surface area contributed by atoms with E-state index in [9.17, 15) is 4.79 Å². The van der Waals surface area contributed by atoms with Gasteiger partial charge >= 0.3 is 6.09 Å². The van der Waals surface area contributed by atoms with Crippen molar-refractivity contribution in [3.05, 3.63) is 47.0 Å². The van der Waals surface area contributed by atoms with Gasteiger partial charge in [0.05, 0.1) is 13.7 Å². The van der Waals surface area contributed by atoms with Gasteiger partial charge in [0, 0.05) is 21.6 Å². The first kappa shape index (κ1) is 17.4. The molecule has 1 unspecified atom stereocenters. The van der Waals surface area contributed by atoms with E-state index in [2.05, 4.69) is 0 Å². The maximum absolute atomic E-state index is 11.4. The Morgan fingerprint density at radius 1 is 1.32 bits per heavy atom. The Kier molecular flexibility index (Phi) is 4.52. The van der Waals surface area contributed by atoms with Crippen molar-refractivity contribution in [2.45, 2.75) is 20.0 Å². The minimum Gasteiger partial charge on any atom is -0.496 e. The van der Waals surface area contributed by atoms with Crippen molar-refractivity contribution in [3.63, 3.8) is 0 Å². The van der Waals surface area contributed by atoms with Gasteiger partial charge in [-0.2, -0.15) is 0 Å². The molecule has 0 bridgehead atoms. The number of nitrogens with two attached hydrogens (primary N) is 1. The second-order valence-electron chi connectivity index (χ2n) is 6.69. The Labute approximate surface area is 151 Å². The molecular formula is C19H20ClNO4. The molecule has 1 amide bonds. The Morgan fingerprint density at radius 2 is 2.08 bits per heavy atom. The molecule has 2 aromatic rings. The lowest BCUT2D eigenvalue weighted by Crippen LogP contribution is -2.37. The first-order valence-electron chi connectivity index (χ1n) is 7.88. The maximum Gasteiger partial charge on any atom is 0.405 e. The summed E-state index contributed by atoms with van der Waals surface area (Å²) >= 11 is 6.11. The van der Waals surface area contributed by atoms with Crippen LogP contribution in [-0.4, -0.2) is 19.8 Å². The minimum absolute atomic E-state index is 0.402. The number of hydrogen-bond donors (Lipinski definition) is 1. The summed E-state index contributed by atoms with van der Waals surface area (Å²) in [6.07, 6.45) is -1.33. The van der Waals surface area contributed by atoms with Crippen LogP contribution in [-0.2, 0) is 4.74 Å². The van der Waals surface area contributed by atoms with Crippen LogP contribution in [0.5, 0.6) is 11.5 Å². The maximum atomic E-state index is 11.4. The van der Waals surface area contributed by atoms with Gasteiger partial charge in [0.2, 0.25) is 0 Å². The van der Waals surface area contributed by atoms with E-state index >= 15 is 0 Å². The molecule has 1 heterocycles. The van der Waals surface area contributed by atoms with Gasteiger partial charge < -0.3 is 19.9 Å². The average Bonchev–Trinajstić information content (AvgIpc) is 2.56. The molecule has 0 fully saturated rings. The number of carbonyl (C=O) groups is 1. The Morgan fingerprint density at radius 3 is 2.72 bits per heavy atom. The molecule has 5 nitrogen and oxygen atoms in total. The zero-order valence-electron chi connectivity index (χ0n) is 14.3. The lowest BCUT2D eigenvalue weighted by Gasteiger charge is -2.38. The lowest BCUT2D eigenvalue weighted by molar-refractivity contribution is -0.0177. The number of halogens is 1. The number of ether oxygens (including phenoxy) is 3. The molecule has 0 radical (unpaired) electrons. The summed E-state index contributed by atoms with van der Waals surface area (Å²) < 4.78 is 16.9. The van der Waals surface area contributed by atoms with Gasteiger partial charge in [0.1, 0.15) is 17.6 Å².